The first-order valence-corrected chi connectivity index (χ1v) is 7.74. The number of hydrogen-bond donors (Lipinski definition) is 1. The molecule has 0 aliphatic heterocycles. The lowest BCUT2D eigenvalue weighted by atomic mass is 10.1. The lowest BCUT2D eigenvalue weighted by molar-refractivity contribution is -0.120. The highest BCUT2D eigenvalue weighted by Gasteiger charge is 2.11. The Morgan fingerprint density at radius 1 is 1.13 bits per heavy atom. The summed E-state index contributed by atoms with van der Waals surface area (Å²) in [6, 6.07) is 9.87. The van der Waals surface area contributed by atoms with Crippen molar-refractivity contribution >= 4 is 21.8 Å². The first-order valence-electron chi connectivity index (χ1n) is 6.95. The molecule has 0 aliphatic carbocycles. The van der Waals surface area contributed by atoms with Crippen molar-refractivity contribution < 1.29 is 18.7 Å². The Hall–Kier alpha value is -2.08. The Morgan fingerprint density at radius 2 is 1.91 bits per heavy atom. The van der Waals surface area contributed by atoms with Gasteiger partial charge in [-0.05, 0) is 36.4 Å². The molecule has 0 saturated carbocycles. The van der Waals surface area contributed by atoms with Crippen molar-refractivity contribution in [1.29, 1.82) is 0 Å². The Kier molecular flexibility index (Phi) is 5.98. The molecule has 0 radical (unpaired) electrons. The molecule has 2 rings (SSSR count). The van der Waals surface area contributed by atoms with Crippen LogP contribution in [0.2, 0.25) is 0 Å². The minimum Gasteiger partial charge on any atom is -0.497 e. The average molecular weight is 382 g/mol. The van der Waals surface area contributed by atoms with Crippen LogP contribution in [0.3, 0.4) is 0 Å². The highest BCUT2D eigenvalue weighted by molar-refractivity contribution is 9.10. The molecule has 23 heavy (non-hydrogen) atoms. The molecule has 1 N–H and O–H groups in total. The largest absolute Gasteiger partial charge is 0.497 e. The molecule has 2 aromatic rings. The standard InChI is InChI=1S/C17H17BrFNO3/c1-22-14-4-6-16(23-2)11(8-14)9-17(21)20-10-12-7-13(18)3-5-15(12)19/h3-8H,9-10H2,1-2H3,(H,20,21). The Balaban J connectivity index is 2.03. The van der Waals surface area contributed by atoms with Crippen molar-refractivity contribution in [3.63, 3.8) is 0 Å². The molecule has 0 heterocycles. The Bertz CT molecular complexity index is 706. The van der Waals surface area contributed by atoms with E-state index >= 15 is 0 Å². The second-order valence-electron chi connectivity index (χ2n) is 4.87. The highest BCUT2D eigenvalue weighted by atomic mass is 79.9. The minimum absolute atomic E-state index is 0.121. The molecule has 0 spiro atoms. The monoisotopic (exact) mass is 381 g/mol. The summed E-state index contributed by atoms with van der Waals surface area (Å²) < 4.78 is 24.8. The summed E-state index contributed by atoms with van der Waals surface area (Å²) in [5.74, 6) is 0.671. The van der Waals surface area contributed by atoms with Gasteiger partial charge in [0.1, 0.15) is 17.3 Å². The number of ether oxygens (including phenoxy) is 2. The van der Waals surface area contributed by atoms with Gasteiger partial charge in [0.25, 0.3) is 0 Å². The summed E-state index contributed by atoms with van der Waals surface area (Å²) in [5, 5.41) is 2.71. The van der Waals surface area contributed by atoms with Crippen molar-refractivity contribution in [1.82, 2.24) is 5.32 Å². The number of rotatable bonds is 6. The molecule has 4 nitrogen and oxygen atoms in total. The molecule has 2 aromatic carbocycles. The van der Waals surface area contributed by atoms with Gasteiger partial charge in [0, 0.05) is 22.1 Å². The van der Waals surface area contributed by atoms with Gasteiger partial charge in [-0.2, -0.15) is 0 Å². The van der Waals surface area contributed by atoms with E-state index in [-0.39, 0.29) is 24.7 Å². The summed E-state index contributed by atoms with van der Waals surface area (Å²) in [6.45, 7) is 0.121. The van der Waals surface area contributed by atoms with Crippen molar-refractivity contribution in [3.8, 4) is 11.5 Å². The van der Waals surface area contributed by atoms with Gasteiger partial charge in [-0.15, -0.1) is 0 Å². The van der Waals surface area contributed by atoms with E-state index < -0.39 is 0 Å². The molecule has 0 unspecified atom stereocenters. The topological polar surface area (TPSA) is 47.6 Å². The van der Waals surface area contributed by atoms with Gasteiger partial charge >= 0.3 is 0 Å². The molecule has 0 fully saturated rings. The van der Waals surface area contributed by atoms with Crippen LogP contribution in [0.1, 0.15) is 11.1 Å². The summed E-state index contributed by atoms with van der Waals surface area (Å²) in [7, 11) is 3.10. The van der Waals surface area contributed by atoms with Crippen LogP contribution in [0, 0.1) is 5.82 Å². The maximum Gasteiger partial charge on any atom is 0.224 e. The average Bonchev–Trinajstić information content (AvgIpc) is 2.55. The second kappa shape index (κ2) is 7.97. The fourth-order valence-electron chi connectivity index (χ4n) is 2.13. The summed E-state index contributed by atoms with van der Waals surface area (Å²) in [5.41, 5.74) is 1.13. The highest BCUT2D eigenvalue weighted by Crippen LogP contribution is 2.24. The van der Waals surface area contributed by atoms with Crippen LogP contribution in [0.15, 0.2) is 40.9 Å². The van der Waals surface area contributed by atoms with Crippen LogP contribution in [0.25, 0.3) is 0 Å². The van der Waals surface area contributed by atoms with Crippen molar-refractivity contribution in [3.05, 3.63) is 57.8 Å². The molecular formula is C17H17BrFNO3. The SMILES string of the molecule is COc1ccc(OC)c(CC(=O)NCc2cc(Br)ccc2F)c1. The first-order chi connectivity index (χ1) is 11.0. The molecule has 6 heteroatoms. The predicted octanol–water partition coefficient (Wildman–Crippen LogP) is 3.46. The third-order valence-electron chi connectivity index (χ3n) is 3.32. The number of amides is 1. The van der Waals surface area contributed by atoms with E-state index in [0.29, 0.717) is 22.6 Å². The van der Waals surface area contributed by atoms with Crippen LogP contribution in [0.4, 0.5) is 4.39 Å². The van der Waals surface area contributed by atoms with E-state index in [9.17, 15) is 9.18 Å². The van der Waals surface area contributed by atoms with Crippen molar-refractivity contribution in [2.75, 3.05) is 14.2 Å². The molecule has 122 valence electrons. The van der Waals surface area contributed by atoms with Gasteiger partial charge in [0.15, 0.2) is 0 Å². The molecule has 0 bridgehead atoms. The van der Waals surface area contributed by atoms with Crippen molar-refractivity contribution in [2.24, 2.45) is 0 Å². The number of benzene rings is 2. The molecular weight excluding hydrogens is 365 g/mol. The smallest absolute Gasteiger partial charge is 0.224 e. The fraction of sp³-hybridized carbons (Fsp3) is 0.235. The van der Waals surface area contributed by atoms with E-state index in [1.807, 2.05) is 0 Å². The lowest BCUT2D eigenvalue weighted by Crippen LogP contribution is -2.25. The van der Waals surface area contributed by atoms with E-state index in [1.165, 1.54) is 6.07 Å². The van der Waals surface area contributed by atoms with Gasteiger partial charge in [-0.25, -0.2) is 4.39 Å². The van der Waals surface area contributed by atoms with Gasteiger partial charge in [0.05, 0.1) is 20.6 Å². The third-order valence-corrected chi connectivity index (χ3v) is 3.82. The maximum atomic E-state index is 13.7. The summed E-state index contributed by atoms with van der Waals surface area (Å²) in [6.07, 6.45) is 0.121. The zero-order chi connectivity index (χ0) is 16.8. The number of carbonyl (C=O) groups excluding carboxylic acids is 1. The molecule has 0 aliphatic rings. The van der Waals surface area contributed by atoms with Gasteiger partial charge in [0.2, 0.25) is 5.91 Å². The van der Waals surface area contributed by atoms with Crippen LogP contribution >= 0.6 is 15.9 Å². The first kappa shape index (κ1) is 17.3. The number of methoxy groups -OCH3 is 2. The van der Waals surface area contributed by atoms with E-state index in [2.05, 4.69) is 21.2 Å². The molecule has 0 atom stereocenters. The molecule has 0 saturated heterocycles. The van der Waals surface area contributed by atoms with E-state index in [1.54, 1.807) is 44.6 Å². The van der Waals surface area contributed by atoms with E-state index in [4.69, 9.17) is 9.47 Å². The number of hydrogen-bond acceptors (Lipinski definition) is 3. The number of halogens is 2. The van der Waals surface area contributed by atoms with Crippen LogP contribution < -0.4 is 14.8 Å². The minimum atomic E-state index is -0.354. The van der Waals surface area contributed by atoms with Gasteiger partial charge < -0.3 is 14.8 Å². The molecule has 1 amide bonds. The van der Waals surface area contributed by atoms with Crippen LogP contribution in [0.5, 0.6) is 11.5 Å². The fourth-order valence-corrected chi connectivity index (χ4v) is 2.54. The summed E-state index contributed by atoms with van der Waals surface area (Å²) in [4.78, 5) is 12.1. The molecule has 0 aromatic heterocycles. The van der Waals surface area contributed by atoms with Crippen molar-refractivity contribution in [2.45, 2.75) is 13.0 Å². The van der Waals surface area contributed by atoms with Crippen LogP contribution in [-0.4, -0.2) is 20.1 Å². The second-order valence-corrected chi connectivity index (χ2v) is 5.78. The summed E-state index contributed by atoms with van der Waals surface area (Å²) >= 11 is 3.28. The van der Waals surface area contributed by atoms with Crippen LogP contribution in [-0.2, 0) is 17.8 Å². The van der Waals surface area contributed by atoms with E-state index in [0.717, 1.165) is 4.47 Å². The third kappa shape index (κ3) is 4.69. The quantitative estimate of drug-likeness (QED) is 0.833. The Morgan fingerprint density at radius 3 is 2.61 bits per heavy atom. The number of carbonyl (C=O) groups is 1. The maximum absolute atomic E-state index is 13.7. The van der Waals surface area contributed by atoms with Gasteiger partial charge in [-0.3, -0.25) is 4.79 Å². The zero-order valence-corrected chi connectivity index (χ0v) is 14.4. The lowest BCUT2D eigenvalue weighted by Gasteiger charge is -2.11. The predicted molar refractivity (Wildman–Crippen MR) is 89.2 cm³/mol. The zero-order valence-electron chi connectivity index (χ0n) is 12.9. The normalized spacial score (nSPS) is 10.3. The number of nitrogens with one attached hydrogen (secondary N) is 1. The Labute approximate surface area is 142 Å². The van der Waals surface area contributed by atoms with Gasteiger partial charge in [-0.1, -0.05) is 15.9 Å².